The third kappa shape index (κ3) is 22.4. The Labute approximate surface area is 560 Å². The van der Waals surface area contributed by atoms with E-state index in [9.17, 15) is 0 Å². The average Bonchev–Trinajstić information content (AvgIpc) is 0.860. The molecule has 0 atom stereocenters. The van der Waals surface area contributed by atoms with Crippen LogP contribution in [0.4, 0.5) is 0 Å². The molecule has 530 valence electrons. The van der Waals surface area contributed by atoms with E-state index in [2.05, 4.69) is 230 Å². The number of nitrogens with zero attached hydrogens (tertiary/aromatic N) is 7. The Bertz CT molecular complexity index is 2580. The predicted molar refractivity (Wildman–Crippen MR) is 371 cm³/mol. The summed E-state index contributed by atoms with van der Waals surface area (Å²) in [4.78, 5) is 33.3. The molecule has 0 saturated carbocycles. The first-order valence-corrected chi connectivity index (χ1v) is 35.2. The van der Waals surface area contributed by atoms with Crippen LogP contribution in [-0.2, 0) is 28.7 Å². The molecule has 0 aromatic heterocycles. The highest BCUT2D eigenvalue weighted by molar-refractivity contribution is 5.93. The van der Waals surface area contributed by atoms with Crippen molar-refractivity contribution in [2.45, 2.75) is 359 Å². The van der Waals surface area contributed by atoms with Gasteiger partial charge in [-0.25, -0.2) is 21.1 Å². The van der Waals surface area contributed by atoms with Crippen LogP contribution in [0.5, 0.6) is 0 Å². The first-order chi connectivity index (χ1) is 42.6. The van der Waals surface area contributed by atoms with Crippen molar-refractivity contribution in [3.05, 3.63) is 35.8 Å². The Morgan fingerprint density at radius 2 is 0.645 bits per heavy atom. The second-order valence-electron chi connectivity index (χ2n) is 36.8. The molecule has 0 spiro atoms. The SMILES string of the molecule is CC1(C)CC(OC2=CC(=NCCCN(CCCN=C3C=C(OC4CC(C)(C)NC(C)(C)C4)NN(OC4CC(C)(C)NC(C)(C)C4)N3)C3=CC(OC4CC(C)(C)NC(C)(C)C4)=NN(OC4CC(C)(C)NC(C)(C)C4)N3)NN(OC3CC(C)(C)NC(C)(C)C3)N2)CC(C)(C)N1. The topological polar surface area (TPSA) is 238 Å². The fourth-order valence-corrected chi connectivity index (χ4v) is 18.0. The summed E-state index contributed by atoms with van der Waals surface area (Å²) in [6.07, 6.45) is 16.9. The molecule has 24 heteroatoms. The number of piperidine rings is 6. The summed E-state index contributed by atoms with van der Waals surface area (Å²) < 4.78 is 20.8. The van der Waals surface area contributed by atoms with Crippen LogP contribution >= 0.6 is 0 Å². The molecular formula is C69H128N18O6. The zero-order chi connectivity index (χ0) is 68.2. The van der Waals surface area contributed by atoms with Gasteiger partial charge in [0.1, 0.15) is 35.8 Å². The second kappa shape index (κ2) is 26.9. The third-order valence-corrected chi connectivity index (χ3v) is 18.7. The van der Waals surface area contributed by atoms with Crippen molar-refractivity contribution < 1.29 is 28.7 Å². The molecule has 11 N–H and O–H groups in total. The molecule has 9 aliphatic rings. The van der Waals surface area contributed by atoms with Crippen LogP contribution in [0, 0.1) is 0 Å². The van der Waals surface area contributed by atoms with Crippen molar-refractivity contribution in [1.29, 1.82) is 0 Å². The number of hydrazine groups is 5. The van der Waals surface area contributed by atoms with E-state index < -0.39 is 0 Å². The number of hydrogen-bond donors (Lipinski definition) is 11. The summed E-state index contributed by atoms with van der Waals surface area (Å²) in [5.41, 5.74) is 15.9. The minimum absolute atomic E-state index is 0.0344. The molecule has 0 unspecified atom stereocenters. The largest absolute Gasteiger partial charge is 0.475 e. The molecule has 24 nitrogen and oxygen atoms in total. The number of amidine groups is 2. The zero-order valence-electron chi connectivity index (χ0n) is 62.0. The van der Waals surface area contributed by atoms with Gasteiger partial charge in [-0.2, -0.15) is 0 Å². The minimum atomic E-state index is -0.154. The monoisotopic (exact) mass is 1310 g/mol. The fourth-order valence-electron chi connectivity index (χ4n) is 18.0. The van der Waals surface area contributed by atoms with E-state index >= 15 is 0 Å². The summed E-state index contributed by atoms with van der Waals surface area (Å²) in [5, 5.41) is 32.7. The maximum Gasteiger partial charge on any atom is 0.239 e. The van der Waals surface area contributed by atoms with Gasteiger partial charge in [-0.3, -0.25) is 30.5 Å². The normalized spacial score (nSPS) is 29.4. The Balaban J connectivity index is 0.991. The molecule has 9 heterocycles. The van der Waals surface area contributed by atoms with E-state index in [4.69, 9.17) is 43.8 Å². The summed E-state index contributed by atoms with van der Waals surface area (Å²) in [6, 6.07) is 0. The lowest BCUT2D eigenvalue weighted by Crippen LogP contribution is -2.63. The van der Waals surface area contributed by atoms with Gasteiger partial charge in [0.15, 0.2) is 0 Å². The fraction of sp³-hybridized carbons (Fsp3) is 0.870. The number of hydrogen-bond acceptors (Lipinski definition) is 22. The molecule has 0 amide bonds. The van der Waals surface area contributed by atoms with Gasteiger partial charge in [0.2, 0.25) is 17.7 Å². The molecule has 6 fully saturated rings. The maximum atomic E-state index is 7.02. The highest BCUT2D eigenvalue weighted by Crippen LogP contribution is 2.38. The summed E-state index contributed by atoms with van der Waals surface area (Å²) in [5.74, 6) is 3.79. The number of nitrogens with one attached hydrogen (secondary N) is 11. The van der Waals surface area contributed by atoms with Gasteiger partial charge in [0, 0.05) is 160 Å². The lowest BCUT2D eigenvalue weighted by atomic mass is 9.81. The molecule has 0 bridgehead atoms. The first-order valence-electron chi connectivity index (χ1n) is 35.2. The van der Waals surface area contributed by atoms with Crippen LogP contribution in [0.25, 0.3) is 0 Å². The first kappa shape index (κ1) is 73.0. The Kier molecular flexibility index (Phi) is 21.1. The standard InChI is InChI=1S/C69H128N18O6/c1-58(2)34-46(35-59(3,4)78-58)88-55-31-52(72-85(75-55)91-49-40-64(13,14)81-65(15,16)41-49)70-27-25-29-84(54-33-57(90-48-38-62(9,10)80-63(11,12)39-48)77-87(74-54)93-51-44-68(21,22)83-69(23,24)45-51)30-26-28-71-53-32-56(89-47-36-60(5,6)79-61(7,8)37-47)76-86(73-53)92-50-42-66(17,18)82-67(19,20)43-50/h31-33,46-51,74-76,78-83H,25-30,34-45H2,1-24H3,(H,70,72)(H,71,73). The van der Waals surface area contributed by atoms with Crippen molar-refractivity contribution in [3.8, 4) is 0 Å². The van der Waals surface area contributed by atoms with Gasteiger partial charge in [-0.05, 0) is 218 Å². The summed E-state index contributed by atoms with van der Waals surface area (Å²) >= 11 is 0. The van der Waals surface area contributed by atoms with E-state index in [1.165, 1.54) is 0 Å². The third-order valence-electron chi connectivity index (χ3n) is 18.7. The predicted octanol–water partition coefficient (Wildman–Crippen LogP) is 8.87. The van der Waals surface area contributed by atoms with E-state index in [-0.39, 0.29) is 103 Å². The van der Waals surface area contributed by atoms with Crippen LogP contribution in [0.3, 0.4) is 0 Å². The van der Waals surface area contributed by atoms with E-state index in [1.807, 2.05) is 18.2 Å². The lowest BCUT2D eigenvalue weighted by Gasteiger charge is -2.47. The molecule has 0 aliphatic carbocycles. The van der Waals surface area contributed by atoms with E-state index in [0.717, 1.165) is 82.9 Å². The summed E-state index contributed by atoms with van der Waals surface area (Å²) in [6.45, 7) is 56.1. The van der Waals surface area contributed by atoms with Gasteiger partial charge in [0.25, 0.3) is 0 Å². The molecule has 0 radical (unpaired) electrons. The van der Waals surface area contributed by atoms with Crippen LogP contribution in [-0.4, -0.2) is 168 Å². The molecule has 6 saturated heterocycles. The quantitative estimate of drug-likeness (QED) is 0.0511. The van der Waals surface area contributed by atoms with Crippen LogP contribution in [0.1, 0.15) is 256 Å². The summed E-state index contributed by atoms with van der Waals surface area (Å²) in [7, 11) is 0. The lowest BCUT2D eigenvalue weighted by molar-refractivity contribution is -0.266. The van der Waals surface area contributed by atoms with Gasteiger partial charge < -0.3 is 51.0 Å². The molecule has 9 aliphatic heterocycles. The van der Waals surface area contributed by atoms with E-state index in [1.54, 1.807) is 15.8 Å². The smallest absolute Gasteiger partial charge is 0.239 e. The minimum Gasteiger partial charge on any atom is -0.475 e. The Morgan fingerprint density at radius 1 is 0.366 bits per heavy atom. The number of hydrazone groups is 1. The van der Waals surface area contributed by atoms with Gasteiger partial charge >= 0.3 is 0 Å². The highest BCUT2D eigenvalue weighted by atomic mass is 16.8. The average molecular weight is 1310 g/mol. The molecule has 9 rings (SSSR count). The van der Waals surface area contributed by atoms with Crippen LogP contribution < -0.4 is 59.0 Å². The van der Waals surface area contributed by atoms with Crippen molar-refractivity contribution in [2.24, 2.45) is 15.1 Å². The zero-order valence-corrected chi connectivity index (χ0v) is 62.0. The number of aliphatic imine (C=N–C) groups is 2. The van der Waals surface area contributed by atoms with Crippen molar-refractivity contribution >= 4 is 17.6 Å². The number of ether oxygens (including phenoxy) is 3. The van der Waals surface area contributed by atoms with Crippen molar-refractivity contribution in [3.63, 3.8) is 0 Å². The van der Waals surface area contributed by atoms with Gasteiger partial charge in [0.05, 0.1) is 18.3 Å². The maximum absolute atomic E-state index is 7.02. The highest BCUT2D eigenvalue weighted by Gasteiger charge is 2.46. The van der Waals surface area contributed by atoms with Crippen LogP contribution in [0.2, 0.25) is 0 Å². The van der Waals surface area contributed by atoms with Crippen LogP contribution in [0.15, 0.2) is 50.9 Å². The Hall–Kier alpha value is -4.21. The second-order valence-corrected chi connectivity index (χ2v) is 36.8. The Morgan fingerprint density at radius 3 is 0.957 bits per heavy atom. The number of rotatable bonds is 20. The van der Waals surface area contributed by atoms with Crippen molar-refractivity contribution in [2.75, 3.05) is 26.2 Å². The molecular weight excluding hydrogens is 1180 g/mol. The van der Waals surface area contributed by atoms with Crippen molar-refractivity contribution in [1.82, 2.24) is 79.8 Å². The molecule has 93 heavy (non-hydrogen) atoms. The van der Waals surface area contributed by atoms with E-state index in [0.29, 0.717) is 68.4 Å². The van der Waals surface area contributed by atoms with Gasteiger partial charge in [-0.1, -0.05) is 10.4 Å². The molecule has 0 aromatic carbocycles. The van der Waals surface area contributed by atoms with Gasteiger partial charge in [-0.15, -0.1) is 0 Å². The molecule has 0 aromatic rings.